The van der Waals surface area contributed by atoms with Crippen LogP contribution >= 0.6 is 0 Å². The Hall–Kier alpha value is -0.710. The number of nitrogens with zero attached hydrogens (tertiary/aromatic N) is 1. The molecule has 2 heterocycles. The van der Waals surface area contributed by atoms with Crippen LogP contribution in [-0.4, -0.2) is 48.8 Å². The van der Waals surface area contributed by atoms with Crippen molar-refractivity contribution < 1.29 is 14.3 Å². The highest BCUT2D eigenvalue weighted by Gasteiger charge is 2.46. The van der Waals surface area contributed by atoms with Crippen LogP contribution in [0.5, 0.6) is 0 Å². The second-order valence-corrected chi connectivity index (χ2v) is 11.7. The van der Waals surface area contributed by atoms with Crippen LogP contribution in [0, 0.1) is 11.8 Å². The van der Waals surface area contributed by atoms with Crippen molar-refractivity contribution >= 4 is 5.78 Å². The second-order valence-electron chi connectivity index (χ2n) is 11.7. The van der Waals surface area contributed by atoms with E-state index in [0.717, 1.165) is 25.4 Å². The Bertz CT molecular complexity index is 582. The van der Waals surface area contributed by atoms with Crippen molar-refractivity contribution in [2.45, 2.75) is 142 Å². The van der Waals surface area contributed by atoms with Gasteiger partial charge in [0.15, 0.2) is 12.1 Å². The van der Waals surface area contributed by atoms with Gasteiger partial charge in [-0.05, 0) is 56.3 Å². The lowest BCUT2D eigenvalue weighted by Crippen LogP contribution is -2.58. The molecule has 1 saturated heterocycles. The summed E-state index contributed by atoms with van der Waals surface area (Å²) >= 11 is 0. The predicted molar refractivity (Wildman–Crippen MR) is 148 cm³/mol. The Kier molecular flexibility index (Phi) is 15.4. The lowest BCUT2D eigenvalue weighted by molar-refractivity contribution is -0.212. The average Bonchev–Trinajstić information content (AvgIpc) is 2.84. The number of hydrogen-bond acceptors (Lipinski definition) is 4. The van der Waals surface area contributed by atoms with Gasteiger partial charge in [-0.25, -0.2) is 0 Å². The van der Waals surface area contributed by atoms with E-state index in [4.69, 9.17) is 9.47 Å². The van der Waals surface area contributed by atoms with Crippen LogP contribution in [0.2, 0.25) is 0 Å². The summed E-state index contributed by atoms with van der Waals surface area (Å²) in [5.41, 5.74) is -0.782. The van der Waals surface area contributed by atoms with Gasteiger partial charge in [0.2, 0.25) is 0 Å². The molecule has 1 fully saturated rings. The van der Waals surface area contributed by atoms with E-state index < -0.39 is 11.9 Å². The lowest BCUT2D eigenvalue weighted by Gasteiger charge is -2.44. The Labute approximate surface area is 217 Å². The van der Waals surface area contributed by atoms with Crippen molar-refractivity contribution in [3.8, 4) is 0 Å². The first-order chi connectivity index (χ1) is 17.0. The number of piperidine rings is 1. The highest BCUT2D eigenvalue weighted by molar-refractivity contribution is 5.98. The number of carbonyl (C=O) groups excluding carboxylic acids is 1. The molecule has 0 aromatic heterocycles. The molecule has 0 bridgehead atoms. The van der Waals surface area contributed by atoms with Crippen molar-refractivity contribution in [3.63, 3.8) is 0 Å². The molecule has 0 saturated carbocycles. The topological polar surface area (TPSA) is 38.8 Å². The van der Waals surface area contributed by atoms with Crippen LogP contribution in [-0.2, 0) is 14.3 Å². The number of carbonyl (C=O) groups is 1. The van der Waals surface area contributed by atoms with Crippen molar-refractivity contribution in [2.24, 2.45) is 11.8 Å². The molecule has 4 nitrogen and oxygen atoms in total. The van der Waals surface area contributed by atoms with Gasteiger partial charge in [0.1, 0.15) is 5.60 Å². The maximum absolute atomic E-state index is 13.0. The van der Waals surface area contributed by atoms with Gasteiger partial charge in [-0.2, -0.15) is 0 Å². The highest BCUT2D eigenvalue weighted by atomic mass is 16.7. The molecule has 0 spiro atoms. The van der Waals surface area contributed by atoms with Crippen LogP contribution in [0.4, 0.5) is 0 Å². The Balaban J connectivity index is 1.55. The lowest BCUT2D eigenvalue weighted by atomic mass is 9.83. The molecule has 0 aromatic rings. The summed E-state index contributed by atoms with van der Waals surface area (Å²) in [6, 6.07) is 0. The van der Waals surface area contributed by atoms with Crippen LogP contribution in [0.1, 0.15) is 130 Å². The molecule has 35 heavy (non-hydrogen) atoms. The van der Waals surface area contributed by atoms with E-state index in [0.29, 0.717) is 13.2 Å². The SMILES string of the molecule is CCCCCCCCCCCCCCCCOC1C=CC(=O)C(CN2CCC(C)CC2)(C(C)C)O1. The first kappa shape index (κ1) is 30.5. The maximum Gasteiger partial charge on any atom is 0.189 e. The third-order valence-electron chi connectivity index (χ3n) is 8.20. The molecule has 2 atom stereocenters. The zero-order valence-electron chi connectivity index (χ0n) is 23.7. The van der Waals surface area contributed by atoms with E-state index >= 15 is 0 Å². The molecule has 4 heteroatoms. The van der Waals surface area contributed by atoms with Gasteiger partial charge < -0.3 is 9.47 Å². The van der Waals surface area contributed by atoms with Crippen LogP contribution < -0.4 is 0 Å². The van der Waals surface area contributed by atoms with E-state index in [1.54, 1.807) is 6.08 Å². The summed E-state index contributed by atoms with van der Waals surface area (Å²) in [6.45, 7) is 12.3. The quantitative estimate of drug-likeness (QED) is 0.171. The molecule has 2 unspecified atom stereocenters. The third-order valence-corrected chi connectivity index (χ3v) is 8.20. The fraction of sp³-hybridized carbons (Fsp3) is 0.903. The number of unbranched alkanes of at least 4 members (excludes halogenated alkanes) is 13. The summed E-state index contributed by atoms with van der Waals surface area (Å²) in [4.78, 5) is 15.4. The Morgan fingerprint density at radius 2 is 1.43 bits per heavy atom. The second kappa shape index (κ2) is 17.7. The predicted octanol–water partition coefficient (Wildman–Crippen LogP) is 8.09. The molecule has 0 amide bonds. The third kappa shape index (κ3) is 11.5. The van der Waals surface area contributed by atoms with Gasteiger partial charge in [-0.3, -0.25) is 9.69 Å². The molecule has 2 aliphatic heterocycles. The highest BCUT2D eigenvalue weighted by Crippen LogP contribution is 2.32. The minimum Gasteiger partial charge on any atom is -0.349 e. The van der Waals surface area contributed by atoms with E-state index in [1.807, 2.05) is 6.08 Å². The number of likely N-dealkylation sites (tertiary alicyclic amines) is 1. The van der Waals surface area contributed by atoms with Gasteiger partial charge in [0.25, 0.3) is 0 Å². The molecular formula is C31H57NO3. The first-order valence-corrected chi connectivity index (χ1v) is 15.2. The summed E-state index contributed by atoms with van der Waals surface area (Å²) in [5.74, 6) is 0.999. The molecule has 0 N–H and O–H groups in total. The molecular weight excluding hydrogens is 434 g/mol. The van der Waals surface area contributed by atoms with Gasteiger partial charge in [-0.15, -0.1) is 0 Å². The van der Waals surface area contributed by atoms with Gasteiger partial charge in [0.05, 0.1) is 6.61 Å². The van der Waals surface area contributed by atoms with E-state index in [1.165, 1.54) is 96.3 Å². The van der Waals surface area contributed by atoms with Crippen LogP contribution in [0.15, 0.2) is 12.2 Å². The molecule has 2 aliphatic rings. The zero-order valence-corrected chi connectivity index (χ0v) is 23.7. The van der Waals surface area contributed by atoms with Crippen LogP contribution in [0.25, 0.3) is 0 Å². The van der Waals surface area contributed by atoms with Gasteiger partial charge >= 0.3 is 0 Å². The molecule has 0 aromatic carbocycles. The molecule has 204 valence electrons. The number of ketones is 1. The summed E-state index contributed by atoms with van der Waals surface area (Å²) in [6.07, 6.45) is 24.5. The summed E-state index contributed by atoms with van der Waals surface area (Å²) in [5, 5.41) is 0. The van der Waals surface area contributed by atoms with Crippen LogP contribution in [0.3, 0.4) is 0 Å². The minimum atomic E-state index is -0.782. The number of hydrogen-bond donors (Lipinski definition) is 0. The standard InChI is InChI=1S/C31H57NO3/c1-5-6-7-8-9-10-11-12-13-14-15-16-17-18-25-34-30-20-19-29(33)31(35-30,27(2)3)26-32-23-21-28(4)22-24-32/h19-20,27-28,30H,5-18,21-26H2,1-4H3. The monoisotopic (exact) mass is 491 g/mol. The zero-order chi connectivity index (χ0) is 25.4. The van der Waals surface area contributed by atoms with E-state index in [9.17, 15) is 4.79 Å². The minimum absolute atomic E-state index is 0.0995. The number of rotatable bonds is 19. The summed E-state index contributed by atoms with van der Waals surface area (Å²) < 4.78 is 12.5. The fourth-order valence-corrected chi connectivity index (χ4v) is 5.47. The first-order valence-electron chi connectivity index (χ1n) is 15.2. The molecule has 0 radical (unpaired) electrons. The fourth-order valence-electron chi connectivity index (χ4n) is 5.47. The average molecular weight is 492 g/mol. The molecule has 2 rings (SSSR count). The smallest absolute Gasteiger partial charge is 0.189 e. The van der Waals surface area contributed by atoms with E-state index in [2.05, 4.69) is 32.6 Å². The van der Waals surface area contributed by atoms with Gasteiger partial charge in [0, 0.05) is 6.54 Å². The summed E-state index contributed by atoms with van der Waals surface area (Å²) in [7, 11) is 0. The van der Waals surface area contributed by atoms with Crippen molar-refractivity contribution in [3.05, 3.63) is 12.2 Å². The number of ether oxygens (including phenoxy) is 2. The Morgan fingerprint density at radius 1 is 0.914 bits per heavy atom. The van der Waals surface area contributed by atoms with Crippen molar-refractivity contribution in [1.29, 1.82) is 0 Å². The van der Waals surface area contributed by atoms with Crippen molar-refractivity contribution in [2.75, 3.05) is 26.2 Å². The Morgan fingerprint density at radius 3 is 1.94 bits per heavy atom. The normalized spacial score (nSPS) is 24.0. The van der Waals surface area contributed by atoms with Crippen molar-refractivity contribution in [1.82, 2.24) is 4.90 Å². The molecule has 0 aliphatic carbocycles. The largest absolute Gasteiger partial charge is 0.349 e. The maximum atomic E-state index is 13.0. The van der Waals surface area contributed by atoms with E-state index in [-0.39, 0.29) is 11.7 Å². The van der Waals surface area contributed by atoms with Gasteiger partial charge in [-0.1, -0.05) is 111 Å².